The molecule has 4 aromatic rings. The first-order valence-electron chi connectivity index (χ1n) is 8.52. The van der Waals surface area contributed by atoms with E-state index >= 15 is 0 Å². The van der Waals surface area contributed by atoms with Gasteiger partial charge in [-0.2, -0.15) is 0 Å². The van der Waals surface area contributed by atoms with Crippen LogP contribution in [0.15, 0.2) is 66.3 Å². The lowest BCUT2D eigenvalue weighted by molar-refractivity contribution is 0.242. The third-order valence-corrected chi connectivity index (χ3v) is 4.83. The standard InChI is InChI=1S/C21H19N3OS.ClH/c1-14(2)25-17-10-8-16(9-11-17)24-20-19-18(15-6-4-3-5-7-15)12-26-21(19)23-13-22-20;/h3-14H,1-2H3,(H,22,23,24);1H. The zero-order valence-corrected chi connectivity index (χ0v) is 16.7. The molecule has 27 heavy (non-hydrogen) atoms. The number of anilines is 2. The van der Waals surface area contributed by atoms with E-state index < -0.39 is 0 Å². The van der Waals surface area contributed by atoms with Gasteiger partial charge in [-0.25, -0.2) is 9.97 Å². The summed E-state index contributed by atoms with van der Waals surface area (Å²) in [6, 6.07) is 18.3. The molecule has 4 rings (SSSR count). The van der Waals surface area contributed by atoms with Crippen LogP contribution in [-0.2, 0) is 0 Å². The maximum Gasteiger partial charge on any atom is 0.143 e. The number of hydrogen-bond acceptors (Lipinski definition) is 5. The first-order valence-corrected chi connectivity index (χ1v) is 9.40. The average molecular weight is 398 g/mol. The first-order chi connectivity index (χ1) is 12.7. The molecule has 0 aliphatic rings. The molecule has 4 nitrogen and oxygen atoms in total. The Morgan fingerprint density at radius 1 is 0.963 bits per heavy atom. The Kier molecular flexibility index (Phi) is 5.94. The van der Waals surface area contributed by atoms with Crippen LogP contribution in [0.4, 0.5) is 11.5 Å². The lowest BCUT2D eigenvalue weighted by Gasteiger charge is -2.11. The van der Waals surface area contributed by atoms with Crippen molar-refractivity contribution in [2.75, 3.05) is 5.32 Å². The molecule has 0 spiro atoms. The van der Waals surface area contributed by atoms with Gasteiger partial charge < -0.3 is 10.1 Å². The number of rotatable bonds is 5. The Morgan fingerprint density at radius 3 is 2.41 bits per heavy atom. The second kappa shape index (κ2) is 8.37. The molecule has 0 aliphatic heterocycles. The molecule has 0 radical (unpaired) electrons. The van der Waals surface area contributed by atoms with Gasteiger partial charge >= 0.3 is 0 Å². The number of benzene rings is 2. The quantitative estimate of drug-likeness (QED) is 0.428. The number of nitrogens with zero attached hydrogens (tertiary/aromatic N) is 2. The number of nitrogens with one attached hydrogen (secondary N) is 1. The summed E-state index contributed by atoms with van der Waals surface area (Å²) in [7, 11) is 0. The number of halogens is 1. The topological polar surface area (TPSA) is 47.0 Å². The van der Waals surface area contributed by atoms with Crippen molar-refractivity contribution in [2.45, 2.75) is 20.0 Å². The number of fused-ring (bicyclic) bond motifs is 1. The SMILES string of the molecule is CC(C)Oc1ccc(Nc2ncnc3scc(-c4ccccc4)c23)cc1.Cl. The average Bonchev–Trinajstić information content (AvgIpc) is 3.09. The minimum absolute atomic E-state index is 0. The molecule has 138 valence electrons. The summed E-state index contributed by atoms with van der Waals surface area (Å²) >= 11 is 1.63. The predicted octanol–water partition coefficient (Wildman–Crippen LogP) is 6.31. The van der Waals surface area contributed by atoms with Crippen LogP contribution in [0.3, 0.4) is 0 Å². The van der Waals surface area contributed by atoms with E-state index in [9.17, 15) is 0 Å². The molecule has 2 aromatic heterocycles. The summed E-state index contributed by atoms with van der Waals surface area (Å²) < 4.78 is 5.70. The Labute approximate surface area is 168 Å². The molecule has 2 heterocycles. The largest absolute Gasteiger partial charge is 0.491 e. The minimum atomic E-state index is 0. The lowest BCUT2D eigenvalue weighted by Crippen LogP contribution is -2.05. The highest BCUT2D eigenvalue weighted by molar-refractivity contribution is 7.17. The number of aromatic nitrogens is 2. The van der Waals surface area contributed by atoms with Gasteiger partial charge in [-0.1, -0.05) is 30.3 Å². The Morgan fingerprint density at radius 2 is 1.70 bits per heavy atom. The second-order valence-corrected chi connectivity index (χ2v) is 7.09. The lowest BCUT2D eigenvalue weighted by atomic mass is 10.1. The third kappa shape index (κ3) is 4.21. The van der Waals surface area contributed by atoms with Crippen LogP contribution in [-0.4, -0.2) is 16.1 Å². The highest BCUT2D eigenvalue weighted by atomic mass is 35.5. The summed E-state index contributed by atoms with van der Waals surface area (Å²) in [6.45, 7) is 4.04. The van der Waals surface area contributed by atoms with Crippen LogP contribution in [0.1, 0.15) is 13.8 Å². The first kappa shape index (κ1) is 19.1. The summed E-state index contributed by atoms with van der Waals surface area (Å²) in [4.78, 5) is 9.88. The third-order valence-electron chi connectivity index (χ3n) is 3.94. The highest BCUT2D eigenvalue weighted by Crippen LogP contribution is 2.37. The molecule has 0 aliphatic carbocycles. The van der Waals surface area contributed by atoms with Gasteiger partial charge in [0.25, 0.3) is 0 Å². The molecule has 2 aromatic carbocycles. The van der Waals surface area contributed by atoms with E-state index in [0.717, 1.165) is 38.6 Å². The molecule has 0 fully saturated rings. The number of ether oxygens (including phenoxy) is 1. The fraction of sp³-hybridized carbons (Fsp3) is 0.143. The summed E-state index contributed by atoms with van der Waals surface area (Å²) in [5, 5.41) is 6.61. The van der Waals surface area contributed by atoms with Crippen molar-refractivity contribution in [1.29, 1.82) is 0 Å². The van der Waals surface area contributed by atoms with Crippen molar-refractivity contribution in [1.82, 2.24) is 9.97 Å². The van der Waals surface area contributed by atoms with Gasteiger partial charge in [0.1, 0.15) is 22.7 Å². The normalized spacial score (nSPS) is 10.6. The van der Waals surface area contributed by atoms with E-state index in [4.69, 9.17) is 4.74 Å². The van der Waals surface area contributed by atoms with E-state index in [-0.39, 0.29) is 18.5 Å². The molecule has 0 bridgehead atoms. The summed E-state index contributed by atoms with van der Waals surface area (Å²) in [5.41, 5.74) is 3.28. The maximum absolute atomic E-state index is 5.70. The summed E-state index contributed by atoms with van der Waals surface area (Å²) in [6.07, 6.45) is 1.76. The molecule has 0 saturated carbocycles. The molecule has 1 N–H and O–H groups in total. The smallest absolute Gasteiger partial charge is 0.143 e. The van der Waals surface area contributed by atoms with Crippen LogP contribution < -0.4 is 10.1 Å². The molecule has 0 unspecified atom stereocenters. The number of thiophene rings is 1. The van der Waals surface area contributed by atoms with E-state index in [1.807, 2.05) is 56.3 Å². The van der Waals surface area contributed by atoms with Crippen LogP contribution in [0.25, 0.3) is 21.3 Å². The van der Waals surface area contributed by atoms with Gasteiger partial charge in [-0.15, -0.1) is 23.7 Å². The van der Waals surface area contributed by atoms with Crippen molar-refractivity contribution in [2.24, 2.45) is 0 Å². The second-order valence-electron chi connectivity index (χ2n) is 6.23. The van der Waals surface area contributed by atoms with Crippen LogP contribution in [0.5, 0.6) is 5.75 Å². The Hall–Kier alpha value is -2.63. The van der Waals surface area contributed by atoms with Crippen molar-refractivity contribution in [3.63, 3.8) is 0 Å². The van der Waals surface area contributed by atoms with Crippen molar-refractivity contribution in [3.05, 3.63) is 66.3 Å². The molecule has 0 amide bonds. The number of hydrogen-bond donors (Lipinski definition) is 1. The maximum atomic E-state index is 5.70. The van der Waals surface area contributed by atoms with Crippen LogP contribution in [0, 0.1) is 0 Å². The highest BCUT2D eigenvalue weighted by Gasteiger charge is 2.13. The van der Waals surface area contributed by atoms with E-state index in [0.29, 0.717) is 0 Å². The van der Waals surface area contributed by atoms with Crippen molar-refractivity contribution < 1.29 is 4.74 Å². The molecular formula is C21H20ClN3OS. The molecule has 0 atom stereocenters. The molecule has 0 saturated heterocycles. The zero-order chi connectivity index (χ0) is 17.9. The molecular weight excluding hydrogens is 378 g/mol. The summed E-state index contributed by atoms with van der Waals surface area (Å²) in [5.74, 6) is 1.67. The molecule has 6 heteroatoms. The van der Waals surface area contributed by atoms with Crippen molar-refractivity contribution >= 4 is 45.5 Å². The van der Waals surface area contributed by atoms with E-state index in [2.05, 4.69) is 32.8 Å². The van der Waals surface area contributed by atoms with Gasteiger partial charge in [0.15, 0.2) is 0 Å². The van der Waals surface area contributed by atoms with E-state index in [1.54, 1.807) is 17.7 Å². The van der Waals surface area contributed by atoms with Crippen LogP contribution in [0.2, 0.25) is 0 Å². The Balaban J connectivity index is 0.00000210. The Bertz CT molecular complexity index is 1020. The van der Waals surface area contributed by atoms with E-state index in [1.165, 1.54) is 0 Å². The van der Waals surface area contributed by atoms with Crippen molar-refractivity contribution in [3.8, 4) is 16.9 Å². The van der Waals surface area contributed by atoms with Gasteiger partial charge in [-0.05, 0) is 43.7 Å². The monoisotopic (exact) mass is 397 g/mol. The zero-order valence-electron chi connectivity index (χ0n) is 15.0. The van der Waals surface area contributed by atoms with Gasteiger partial charge in [0, 0.05) is 16.6 Å². The van der Waals surface area contributed by atoms with Gasteiger partial charge in [-0.3, -0.25) is 0 Å². The fourth-order valence-corrected chi connectivity index (χ4v) is 3.74. The predicted molar refractivity (Wildman–Crippen MR) is 116 cm³/mol. The minimum Gasteiger partial charge on any atom is -0.491 e. The van der Waals surface area contributed by atoms with Gasteiger partial charge in [0.2, 0.25) is 0 Å². The fourth-order valence-electron chi connectivity index (χ4n) is 2.83. The van der Waals surface area contributed by atoms with Gasteiger partial charge in [0.05, 0.1) is 11.5 Å². The van der Waals surface area contributed by atoms with Crippen LogP contribution >= 0.6 is 23.7 Å².